The van der Waals surface area contributed by atoms with Gasteiger partial charge in [-0.1, -0.05) is 23.9 Å². The Hall–Kier alpha value is -1.70. The van der Waals surface area contributed by atoms with Crippen molar-refractivity contribution in [2.45, 2.75) is 47.9 Å². The van der Waals surface area contributed by atoms with Crippen molar-refractivity contribution in [1.29, 1.82) is 0 Å². The van der Waals surface area contributed by atoms with E-state index in [2.05, 4.69) is 0 Å². The maximum Gasteiger partial charge on any atom is 0.416 e. The monoisotopic (exact) mass is 409 g/mol. The molecule has 0 aliphatic carbocycles. The van der Waals surface area contributed by atoms with Crippen molar-refractivity contribution >= 4 is 23.1 Å². The standard InChI is InChI=1S/C21H22F3NO2S/c22-21(23,24)15-9-10-19-17(14-15)25(16-6-1-2-7-18(16)28-19)11-5-13-27-20-8-3-4-12-26-20/h1-2,6-7,9-10,14,20H,3-5,8,11-13H2. The average molecular weight is 409 g/mol. The van der Waals surface area contributed by atoms with E-state index < -0.39 is 11.7 Å². The predicted octanol–water partition coefficient (Wildman–Crippen LogP) is 6.24. The van der Waals surface area contributed by atoms with Crippen molar-refractivity contribution in [1.82, 2.24) is 0 Å². The van der Waals surface area contributed by atoms with E-state index in [1.165, 1.54) is 17.8 Å². The molecule has 2 aliphatic rings. The Bertz CT molecular complexity index is 822. The first kappa shape index (κ1) is 19.6. The molecule has 1 fully saturated rings. The second-order valence-electron chi connectivity index (χ2n) is 6.92. The molecule has 1 saturated heterocycles. The van der Waals surface area contributed by atoms with E-state index in [9.17, 15) is 13.2 Å². The van der Waals surface area contributed by atoms with E-state index in [4.69, 9.17) is 9.47 Å². The van der Waals surface area contributed by atoms with Gasteiger partial charge in [-0.15, -0.1) is 0 Å². The van der Waals surface area contributed by atoms with E-state index in [0.29, 0.717) is 25.3 Å². The molecule has 0 amide bonds. The number of anilines is 2. The van der Waals surface area contributed by atoms with Gasteiger partial charge in [0.1, 0.15) is 0 Å². The number of halogens is 3. The summed E-state index contributed by atoms with van der Waals surface area (Å²) in [7, 11) is 0. The maximum absolute atomic E-state index is 13.2. The summed E-state index contributed by atoms with van der Waals surface area (Å²) < 4.78 is 51.1. The first-order chi connectivity index (χ1) is 13.5. The fourth-order valence-corrected chi connectivity index (χ4v) is 4.60. The minimum atomic E-state index is -4.36. The highest BCUT2D eigenvalue weighted by atomic mass is 32.2. The third-order valence-electron chi connectivity index (χ3n) is 4.92. The van der Waals surface area contributed by atoms with Crippen LogP contribution in [0.1, 0.15) is 31.2 Å². The molecule has 3 nitrogen and oxygen atoms in total. The number of benzene rings is 2. The number of fused-ring (bicyclic) bond motifs is 2. The van der Waals surface area contributed by atoms with Crippen LogP contribution >= 0.6 is 11.8 Å². The molecule has 2 heterocycles. The van der Waals surface area contributed by atoms with Gasteiger partial charge in [-0.2, -0.15) is 13.2 Å². The van der Waals surface area contributed by atoms with Gasteiger partial charge in [0.05, 0.1) is 23.5 Å². The molecule has 0 aromatic heterocycles. The minimum absolute atomic E-state index is 0.151. The van der Waals surface area contributed by atoms with Crippen molar-refractivity contribution in [3.63, 3.8) is 0 Å². The second-order valence-corrected chi connectivity index (χ2v) is 8.01. The average Bonchev–Trinajstić information content (AvgIpc) is 2.70. The van der Waals surface area contributed by atoms with Gasteiger partial charge in [0.15, 0.2) is 6.29 Å². The van der Waals surface area contributed by atoms with Gasteiger partial charge in [0, 0.05) is 22.9 Å². The predicted molar refractivity (Wildman–Crippen MR) is 103 cm³/mol. The van der Waals surface area contributed by atoms with Gasteiger partial charge in [-0.3, -0.25) is 0 Å². The first-order valence-corrected chi connectivity index (χ1v) is 10.3. The van der Waals surface area contributed by atoms with Gasteiger partial charge in [0.2, 0.25) is 0 Å². The lowest BCUT2D eigenvalue weighted by atomic mass is 10.1. The lowest BCUT2D eigenvalue weighted by Crippen LogP contribution is -2.26. The summed E-state index contributed by atoms with van der Waals surface area (Å²) in [5.74, 6) is 0. The zero-order valence-electron chi connectivity index (χ0n) is 15.4. The number of ether oxygens (including phenoxy) is 2. The highest BCUT2D eigenvalue weighted by Gasteiger charge is 2.33. The molecule has 1 unspecified atom stereocenters. The molecule has 28 heavy (non-hydrogen) atoms. The van der Waals surface area contributed by atoms with Gasteiger partial charge in [0.25, 0.3) is 0 Å². The number of para-hydroxylation sites is 1. The quantitative estimate of drug-likeness (QED) is 0.545. The van der Waals surface area contributed by atoms with Crippen LogP contribution in [-0.2, 0) is 15.7 Å². The van der Waals surface area contributed by atoms with Crippen LogP contribution in [0.5, 0.6) is 0 Å². The van der Waals surface area contributed by atoms with Gasteiger partial charge in [-0.05, 0) is 56.0 Å². The smallest absolute Gasteiger partial charge is 0.353 e. The van der Waals surface area contributed by atoms with E-state index in [1.807, 2.05) is 29.2 Å². The van der Waals surface area contributed by atoms with Gasteiger partial charge >= 0.3 is 6.18 Å². The Balaban J connectivity index is 1.51. The number of rotatable bonds is 5. The summed E-state index contributed by atoms with van der Waals surface area (Å²) in [6.07, 6.45) is -0.726. The van der Waals surface area contributed by atoms with Gasteiger partial charge in [-0.25, -0.2) is 0 Å². The van der Waals surface area contributed by atoms with Crippen molar-refractivity contribution in [3.8, 4) is 0 Å². The van der Waals surface area contributed by atoms with Crippen LogP contribution in [-0.4, -0.2) is 26.0 Å². The molecule has 7 heteroatoms. The summed E-state index contributed by atoms with van der Waals surface area (Å²) in [6.45, 7) is 1.83. The van der Waals surface area contributed by atoms with Crippen LogP contribution in [0.15, 0.2) is 52.3 Å². The Kier molecular flexibility index (Phi) is 5.85. The Morgan fingerprint density at radius 3 is 2.68 bits per heavy atom. The zero-order valence-corrected chi connectivity index (χ0v) is 16.2. The largest absolute Gasteiger partial charge is 0.416 e. The lowest BCUT2D eigenvalue weighted by Gasteiger charge is -2.33. The van der Waals surface area contributed by atoms with E-state index in [1.54, 1.807) is 6.07 Å². The summed E-state index contributed by atoms with van der Waals surface area (Å²) in [5.41, 5.74) is 0.920. The zero-order chi connectivity index (χ0) is 19.6. The molecule has 2 aromatic carbocycles. The fraction of sp³-hybridized carbons (Fsp3) is 0.429. The summed E-state index contributed by atoms with van der Waals surface area (Å²) in [4.78, 5) is 3.86. The molecule has 1 atom stereocenters. The molecule has 0 radical (unpaired) electrons. The SMILES string of the molecule is FC(F)(F)c1ccc2c(c1)N(CCCOC1CCCCO1)c1ccccc1S2. The summed E-state index contributed by atoms with van der Waals surface area (Å²) in [5, 5.41) is 0. The number of hydrogen-bond donors (Lipinski definition) is 0. The number of alkyl halides is 3. The molecule has 0 N–H and O–H groups in total. The number of hydrogen-bond acceptors (Lipinski definition) is 4. The van der Waals surface area contributed by atoms with Crippen molar-refractivity contribution in [2.24, 2.45) is 0 Å². The highest BCUT2D eigenvalue weighted by molar-refractivity contribution is 7.99. The maximum atomic E-state index is 13.2. The van der Waals surface area contributed by atoms with Crippen LogP contribution in [0.3, 0.4) is 0 Å². The third kappa shape index (κ3) is 4.31. The normalized spacial score (nSPS) is 19.2. The van der Waals surface area contributed by atoms with E-state index in [-0.39, 0.29) is 6.29 Å². The highest BCUT2D eigenvalue weighted by Crippen LogP contribution is 2.49. The van der Waals surface area contributed by atoms with Gasteiger partial charge < -0.3 is 14.4 Å². The van der Waals surface area contributed by atoms with E-state index >= 15 is 0 Å². The molecule has 2 aliphatic heterocycles. The summed E-state index contributed by atoms with van der Waals surface area (Å²) >= 11 is 1.51. The second kappa shape index (κ2) is 8.35. The lowest BCUT2D eigenvalue weighted by molar-refractivity contribution is -0.162. The molecule has 0 saturated carbocycles. The van der Waals surface area contributed by atoms with Crippen LogP contribution in [0.2, 0.25) is 0 Å². The molecular formula is C21H22F3NO2S. The van der Waals surface area contributed by atoms with Crippen LogP contribution < -0.4 is 4.90 Å². The molecular weight excluding hydrogens is 387 g/mol. The third-order valence-corrected chi connectivity index (χ3v) is 6.05. The number of nitrogens with zero attached hydrogens (tertiary/aromatic N) is 1. The fourth-order valence-electron chi connectivity index (χ4n) is 3.53. The molecule has 2 aromatic rings. The van der Waals surface area contributed by atoms with Crippen LogP contribution in [0, 0.1) is 0 Å². The summed E-state index contributed by atoms with van der Waals surface area (Å²) in [6, 6.07) is 11.8. The van der Waals surface area contributed by atoms with E-state index in [0.717, 1.165) is 47.4 Å². The molecule has 4 rings (SSSR count). The first-order valence-electron chi connectivity index (χ1n) is 9.51. The minimum Gasteiger partial charge on any atom is -0.353 e. The topological polar surface area (TPSA) is 21.7 Å². The molecule has 150 valence electrons. The Morgan fingerprint density at radius 2 is 1.89 bits per heavy atom. The van der Waals surface area contributed by atoms with Crippen molar-refractivity contribution in [2.75, 3.05) is 24.7 Å². The Labute approximate surface area is 166 Å². The van der Waals surface area contributed by atoms with Crippen molar-refractivity contribution < 1.29 is 22.6 Å². The molecule has 0 bridgehead atoms. The Morgan fingerprint density at radius 1 is 1.07 bits per heavy atom. The molecule has 0 spiro atoms. The van der Waals surface area contributed by atoms with Crippen molar-refractivity contribution in [3.05, 3.63) is 48.0 Å². The van der Waals surface area contributed by atoms with Crippen LogP contribution in [0.4, 0.5) is 24.5 Å². The van der Waals surface area contributed by atoms with Crippen LogP contribution in [0.25, 0.3) is 0 Å².